The molecule has 1 aromatic heterocycles. The summed E-state index contributed by atoms with van der Waals surface area (Å²) >= 11 is 1.08. The molecule has 0 saturated heterocycles. The maximum Gasteiger partial charge on any atom is 0.401 e. The van der Waals surface area contributed by atoms with Gasteiger partial charge in [0.25, 0.3) is 0 Å². The third kappa shape index (κ3) is 3.78. The van der Waals surface area contributed by atoms with Crippen LogP contribution < -0.4 is 5.32 Å². The number of alkyl halides is 3. The molecule has 1 rings (SSSR count). The van der Waals surface area contributed by atoms with Crippen molar-refractivity contribution in [2.24, 2.45) is 0 Å². The molecular formula is C8H9F3N2O2S. The second kappa shape index (κ2) is 5.26. The molecule has 16 heavy (non-hydrogen) atoms. The summed E-state index contributed by atoms with van der Waals surface area (Å²) in [5, 5.41) is 2.08. The number of methoxy groups -OCH3 is 1. The van der Waals surface area contributed by atoms with Crippen molar-refractivity contribution in [2.75, 3.05) is 13.7 Å². The molecule has 0 radical (unpaired) electrons. The smallest absolute Gasteiger partial charge is 0.401 e. The van der Waals surface area contributed by atoms with Gasteiger partial charge in [-0.15, -0.1) is 11.3 Å². The molecule has 1 heterocycles. The molecule has 0 aliphatic carbocycles. The largest absolute Gasteiger partial charge is 0.468 e. The Hall–Kier alpha value is -1.15. The molecule has 1 aromatic rings. The standard InChI is InChI=1S/C8H9F3N2O2S/c1-15-7(14)6(5-2-12-4-16-5)13-3-8(9,10)11/h2,4,6,13H,3H2,1H3. The fourth-order valence-corrected chi connectivity index (χ4v) is 1.68. The predicted octanol–water partition coefficient (Wildman–Crippen LogP) is 1.51. The first-order chi connectivity index (χ1) is 7.44. The lowest BCUT2D eigenvalue weighted by atomic mass is 10.2. The number of esters is 1. The molecule has 1 unspecified atom stereocenters. The Kier molecular flexibility index (Phi) is 4.25. The second-order valence-corrected chi connectivity index (χ2v) is 3.77. The summed E-state index contributed by atoms with van der Waals surface area (Å²) in [5.41, 5.74) is 1.43. The fraction of sp³-hybridized carbons (Fsp3) is 0.500. The van der Waals surface area contributed by atoms with Crippen LogP contribution in [0, 0.1) is 0 Å². The van der Waals surface area contributed by atoms with Gasteiger partial charge in [0.2, 0.25) is 0 Å². The van der Waals surface area contributed by atoms with Gasteiger partial charge in [0.15, 0.2) is 0 Å². The minimum atomic E-state index is -4.38. The van der Waals surface area contributed by atoms with Crippen LogP contribution in [0.15, 0.2) is 11.7 Å². The van der Waals surface area contributed by atoms with Crippen LogP contribution in [-0.2, 0) is 9.53 Å². The number of carbonyl (C=O) groups is 1. The highest BCUT2D eigenvalue weighted by Crippen LogP contribution is 2.21. The predicted molar refractivity (Wildman–Crippen MR) is 50.9 cm³/mol. The first-order valence-corrected chi connectivity index (χ1v) is 5.08. The van der Waals surface area contributed by atoms with Gasteiger partial charge in [0.05, 0.1) is 24.0 Å². The summed E-state index contributed by atoms with van der Waals surface area (Å²) in [6.45, 7) is -1.26. The van der Waals surface area contributed by atoms with Crippen molar-refractivity contribution in [1.29, 1.82) is 0 Å². The van der Waals surface area contributed by atoms with Gasteiger partial charge in [0.1, 0.15) is 6.04 Å². The Bertz CT molecular complexity index is 340. The fourth-order valence-electron chi connectivity index (χ4n) is 1.00. The minimum Gasteiger partial charge on any atom is -0.468 e. The summed E-state index contributed by atoms with van der Waals surface area (Å²) in [6, 6.07) is -1.13. The molecule has 0 aliphatic heterocycles. The number of hydrogen-bond acceptors (Lipinski definition) is 5. The molecule has 4 nitrogen and oxygen atoms in total. The van der Waals surface area contributed by atoms with Crippen LogP contribution in [-0.4, -0.2) is 30.8 Å². The van der Waals surface area contributed by atoms with Crippen LogP contribution in [0.2, 0.25) is 0 Å². The lowest BCUT2D eigenvalue weighted by molar-refractivity contribution is -0.146. The summed E-state index contributed by atoms with van der Waals surface area (Å²) in [6.07, 6.45) is -3.05. The van der Waals surface area contributed by atoms with E-state index in [4.69, 9.17) is 0 Å². The lowest BCUT2D eigenvalue weighted by Crippen LogP contribution is -2.36. The zero-order chi connectivity index (χ0) is 12.2. The third-order valence-electron chi connectivity index (χ3n) is 1.68. The minimum absolute atomic E-state index is 0.385. The van der Waals surface area contributed by atoms with Crippen LogP contribution in [0.3, 0.4) is 0 Å². The first kappa shape index (κ1) is 12.9. The SMILES string of the molecule is COC(=O)C(NCC(F)(F)F)c1cncs1. The quantitative estimate of drug-likeness (QED) is 0.827. The summed E-state index contributed by atoms with van der Waals surface area (Å²) in [7, 11) is 1.12. The van der Waals surface area contributed by atoms with Gasteiger partial charge >= 0.3 is 12.1 Å². The third-order valence-corrected chi connectivity index (χ3v) is 2.52. The van der Waals surface area contributed by atoms with Gasteiger partial charge in [-0.2, -0.15) is 13.2 Å². The molecule has 0 aromatic carbocycles. The number of ether oxygens (including phenoxy) is 1. The normalized spacial score (nSPS) is 13.5. The number of rotatable bonds is 4. The van der Waals surface area contributed by atoms with Crippen LogP contribution in [0.1, 0.15) is 10.9 Å². The van der Waals surface area contributed by atoms with Crippen molar-refractivity contribution in [3.63, 3.8) is 0 Å². The average Bonchev–Trinajstić information content (AvgIpc) is 2.69. The van der Waals surface area contributed by atoms with Crippen LogP contribution in [0.5, 0.6) is 0 Å². The van der Waals surface area contributed by atoms with E-state index in [1.54, 1.807) is 0 Å². The number of nitrogens with one attached hydrogen (secondary N) is 1. The second-order valence-electron chi connectivity index (χ2n) is 2.86. The van der Waals surface area contributed by atoms with E-state index in [1.807, 2.05) is 0 Å². The van der Waals surface area contributed by atoms with Gasteiger partial charge < -0.3 is 4.74 Å². The Labute approximate surface area is 93.4 Å². The van der Waals surface area contributed by atoms with Crippen molar-refractivity contribution in [3.05, 3.63) is 16.6 Å². The Balaban J connectivity index is 2.70. The lowest BCUT2D eigenvalue weighted by Gasteiger charge is -2.15. The van der Waals surface area contributed by atoms with Gasteiger partial charge in [0, 0.05) is 6.20 Å². The van der Waals surface area contributed by atoms with Crippen molar-refractivity contribution in [1.82, 2.24) is 10.3 Å². The van der Waals surface area contributed by atoms with E-state index in [9.17, 15) is 18.0 Å². The van der Waals surface area contributed by atoms with Crippen molar-refractivity contribution in [2.45, 2.75) is 12.2 Å². The molecule has 90 valence electrons. The molecule has 1 N–H and O–H groups in total. The summed E-state index contributed by atoms with van der Waals surface area (Å²) in [5.74, 6) is -0.770. The van der Waals surface area contributed by atoms with Crippen molar-refractivity contribution < 1.29 is 22.7 Å². The van der Waals surface area contributed by atoms with E-state index in [0.29, 0.717) is 4.88 Å². The molecule has 1 atom stereocenters. The van der Waals surface area contributed by atoms with E-state index in [-0.39, 0.29) is 0 Å². The zero-order valence-corrected chi connectivity index (χ0v) is 9.06. The maximum absolute atomic E-state index is 12.0. The molecule has 0 fully saturated rings. The monoisotopic (exact) mass is 254 g/mol. The molecule has 8 heteroatoms. The highest BCUT2D eigenvalue weighted by atomic mass is 32.1. The number of carbonyl (C=O) groups excluding carboxylic acids is 1. The number of thiazole rings is 1. The molecular weight excluding hydrogens is 245 g/mol. The number of aromatic nitrogens is 1. The number of halogens is 3. The molecule has 0 saturated carbocycles. The molecule has 0 spiro atoms. The molecule has 0 bridgehead atoms. The molecule has 0 aliphatic rings. The van der Waals surface area contributed by atoms with E-state index in [2.05, 4.69) is 15.0 Å². The zero-order valence-electron chi connectivity index (χ0n) is 8.25. The first-order valence-electron chi connectivity index (χ1n) is 4.20. The van der Waals surface area contributed by atoms with E-state index >= 15 is 0 Å². The van der Waals surface area contributed by atoms with E-state index in [0.717, 1.165) is 18.4 Å². The van der Waals surface area contributed by atoms with Crippen molar-refractivity contribution >= 4 is 17.3 Å². The van der Waals surface area contributed by atoms with Gasteiger partial charge in [-0.05, 0) is 0 Å². The maximum atomic E-state index is 12.0. The van der Waals surface area contributed by atoms with Crippen LogP contribution in [0.25, 0.3) is 0 Å². The summed E-state index contributed by atoms with van der Waals surface area (Å²) in [4.78, 5) is 15.3. The van der Waals surface area contributed by atoms with Crippen LogP contribution in [0.4, 0.5) is 13.2 Å². The van der Waals surface area contributed by atoms with Crippen LogP contribution >= 0.6 is 11.3 Å². The topological polar surface area (TPSA) is 51.2 Å². The Morgan fingerprint density at radius 1 is 1.69 bits per heavy atom. The number of nitrogens with zero attached hydrogens (tertiary/aromatic N) is 1. The number of hydrogen-bond donors (Lipinski definition) is 1. The average molecular weight is 254 g/mol. The van der Waals surface area contributed by atoms with E-state index in [1.165, 1.54) is 11.7 Å². The van der Waals surface area contributed by atoms with Gasteiger partial charge in [-0.25, -0.2) is 4.79 Å². The summed E-state index contributed by atoms with van der Waals surface area (Å²) < 4.78 is 40.4. The van der Waals surface area contributed by atoms with Gasteiger partial charge in [-0.1, -0.05) is 0 Å². The van der Waals surface area contributed by atoms with Gasteiger partial charge in [-0.3, -0.25) is 10.3 Å². The van der Waals surface area contributed by atoms with Crippen molar-refractivity contribution in [3.8, 4) is 0 Å². The highest BCUT2D eigenvalue weighted by molar-refractivity contribution is 7.09. The Morgan fingerprint density at radius 3 is 2.81 bits per heavy atom. The van der Waals surface area contributed by atoms with E-state index < -0.39 is 24.7 Å². The highest BCUT2D eigenvalue weighted by Gasteiger charge is 2.31. The Morgan fingerprint density at radius 2 is 2.38 bits per heavy atom. The molecule has 0 amide bonds.